The molecule has 0 spiro atoms. The van der Waals surface area contributed by atoms with E-state index < -0.39 is 24.3 Å². The average Bonchev–Trinajstić information content (AvgIpc) is 3.96. The number of ether oxygens (including phenoxy) is 3. The number of carbonyl (C=O) groups is 4. The van der Waals surface area contributed by atoms with Gasteiger partial charge < -0.3 is 44.6 Å². The van der Waals surface area contributed by atoms with Crippen LogP contribution in [-0.2, 0) is 23.8 Å². The number of aromatic nitrogens is 4. The molecule has 4 N–H and O–H groups in total. The number of nitrogens with one attached hydrogen (secondary N) is 4. The highest BCUT2D eigenvalue weighted by molar-refractivity contribution is 6.32. The minimum absolute atomic E-state index is 0.0496. The van der Waals surface area contributed by atoms with Crippen molar-refractivity contribution in [2.75, 3.05) is 27.4 Å². The standard InChI is InChI=1S/C48H53ClN8O7/c1-24(2)39(53-47(60)62-3)45(58)56-35-19-32(35)21-37(56)43-50-23-34(51-43)26-7-5-25(6-8-26)28-9-10-30-18-31(12-11-29(30)17-28)40-42(49)55-44(52-40)38-22-33-20-36(33)57(38)46(59)41(54-48(61)63-4)27-13-15-64-16-14-27/h5-12,17-18,23-24,27,32-33,35-39,41H,13-16,19-22H2,1-4H3,(H,50,51)(H,52,55)(H,53,60)(H,54,61)/t32-,33-,35-,36-,37+,38+,39+,41+/m1/s1. The van der Waals surface area contributed by atoms with Crippen LogP contribution in [0.5, 0.6) is 0 Å². The number of halogens is 1. The predicted octanol–water partition coefficient (Wildman–Crippen LogP) is 7.80. The summed E-state index contributed by atoms with van der Waals surface area (Å²) in [5.41, 5.74) is 5.57. The van der Waals surface area contributed by atoms with Crippen molar-refractivity contribution in [3.63, 3.8) is 0 Å². The largest absolute Gasteiger partial charge is 0.453 e. The summed E-state index contributed by atoms with van der Waals surface area (Å²) in [7, 11) is 2.61. The first-order valence-corrected chi connectivity index (χ1v) is 22.7. The molecule has 16 heteroatoms. The lowest BCUT2D eigenvalue weighted by Crippen LogP contribution is -2.54. The molecule has 5 aliphatic rings. The number of H-pyrrole nitrogens is 2. The van der Waals surface area contributed by atoms with Gasteiger partial charge in [0.25, 0.3) is 0 Å². The summed E-state index contributed by atoms with van der Waals surface area (Å²) in [6.07, 6.45) is 5.48. The molecule has 3 saturated heterocycles. The minimum Gasteiger partial charge on any atom is -0.453 e. The molecule has 5 heterocycles. The molecule has 2 aliphatic carbocycles. The number of piperidine rings is 2. The van der Waals surface area contributed by atoms with Crippen LogP contribution >= 0.6 is 11.6 Å². The number of benzene rings is 3. The minimum atomic E-state index is -0.710. The van der Waals surface area contributed by atoms with Crippen molar-refractivity contribution in [3.05, 3.63) is 83.7 Å². The van der Waals surface area contributed by atoms with Crippen LogP contribution in [0.25, 0.3) is 44.4 Å². The van der Waals surface area contributed by atoms with Gasteiger partial charge in [0.05, 0.1) is 43.9 Å². The zero-order valence-electron chi connectivity index (χ0n) is 36.3. The number of likely N-dealkylation sites (tertiary alicyclic amines) is 2. The zero-order chi connectivity index (χ0) is 44.4. The van der Waals surface area contributed by atoms with E-state index >= 15 is 0 Å². The zero-order valence-corrected chi connectivity index (χ0v) is 37.1. The Morgan fingerprint density at radius 2 is 1.31 bits per heavy atom. The number of aromatic amines is 2. The van der Waals surface area contributed by atoms with Gasteiger partial charge in [-0.25, -0.2) is 19.6 Å². The van der Waals surface area contributed by atoms with E-state index in [9.17, 15) is 19.2 Å². The van der Waals surface area contributed by atoms with Crippen molar-refractivity contribution >= 4 is 46.4 Å². The Balaban J connectivity index is 0.833. The van der Waals surface area contributed by atoms with E-state index in [0.717, 1.165) is 70.2 Å². The molecule has 2 saturated carbocycles. The molecule has 2 aromatic heterocycles. The van der Waals surface area contributed by atoms with Crippen molar-refractivity contribution in [2.45, 2.75) is 88.6 Å². The van der Waals surface area contributed by atoms with E-state index in [2.05, 4.69) is 75.2 Å². The fraction of sp³-hybridized carbons (Fsp3) is 0.458. The summed E-state index contributed by atoms with van der Waals surface area (Å²) in [6.45, 7) is 4.94. The van der Waals surface area contributed by atoms with Crippen molar-refractivity contribution in [2.24, 2.45) is 23.7 Å². The lowest BCUT2D eigenvalue weighted by atomic mass is 9.90. The van der Waals surface area contributed by atoms with E-state index in [4.69, 9.17) is 35.8 Å². The van der Waals surface area contributed by atoms with Gasteiger partial charge in [0.1, 0.15) is 23.7 Å². The van der Waals surface area contributed by atoms with Gasteiger partial charge in [0.2, 0.25) is 11.8 Å². The maximum atomic E-state index is 14.3. The van der Waals surface area contributed by atoms with Gasteiger partial charge in [0.15, 0.2) is 5.15 Å². The molecule has 8 atom stereocenters. The summed E-state index contributed by atoms with van der Waals surface area (Å²) in [6, 6.07) is 19.3. The Labute approximate surface area is 376 Å². The monoisotopic (exact) mass is 888 g/mol. The molecular weight excluding hydrogens is 836 g/mol. The molecule has 4 amide bonds. The van der Waals surface area contributed by atoms with Gasteiger partial charge in [0, 0.05) is 30.9 Å². The number of nitrogens with zero attached hydrogens (tertiary/aromatic N) is 4. The van der Waals surface area contributed by atoms with Gasteiger partial charge in [-0.1, -0.05) is 74.0 Å². The summed E-state index contributed by atoms with van der Waals surface area (Å²) >= 11 is 6.85. The number of amides is 4. The number of imidazole rings is 2. The number of fused-ring (bicyclic) bond motifs is 3. The normalized spacial score (nSPS) is 24.5. The van der Waals surface area contributed by atoms with Crippen LogP contribution in [0.2, 0.25) is 5.15 Å². The first-order valence-electron chi connectivity index (χ1n) is 22.4. The molecule has 3 aliphatic heterocycles. The van der Waals surface area contributed by atoms with Crippen LogP contribution in [0, 0.1) is 23.7 Å². The molecule has 64 heavy (non-hydrogen) atoms. The molecular formula is C48H53ClN8O7. The highest BCUT2D eigenvalue weighted by Gasteiger charge is 2.58. The Kier molecular flexibility index (Phi) is 11.1. The molecule has 5 aromatic rings. The number of hydrogen-bond acceptors (Lipinski definition) is 9. The maximum absolute atomic E-state index is 14.3. The summed E-state index contributed by atoms with van der Waals surface area (Å²) in [4.78, 5) is 73.0. The van der Waals surface area contributed by atoms with Gasteiger partial charge in [-0.3, -0.25) is 9.59 Å². The lowest BCUT2D eigenvalue weighted by molar-refractivity contribution is -0.138. The first kappa shape index (κ1) is 42.0. The molecule has 0 radical (unpaired) electrons. The number of hydrogen-bond donors (Lipinski definition) is 4. The molecule has 334 valence electrons. The van der Waals surface area contributed by atoms with E-state index in [-0.39, 0.29) is 47.8 Å². The number of methoxy groups -OCH3 is 2. The Morgan fingerprint density at radius 1 is 0.734 bits per heavy atom. The fourth-order valence-electron chi connectivity index (χ4n) is 10.5. The van der Waals surface area contributed by atoms with Crippen LogP contribution in [-0.4, -0.2) is 105 Å². The molecule has 3 aromatic carbocycles. The summed E-state index contributed by atoms with van der Waals surface area (Å²) in [5.74, 6) is 1.85. The highest BCUT2D eigenvalue weighted by Crippen LogP contribution is 2.55. The molecule has 15 nitrogen and oxygen atoms in total. The van der Waals surface area contributed by atoms with Gasteiger partial charge in [-0.05, 0) is 102 Å². The van der Waals surface area contributed by atoms with Crippen molar-refractivity contribution in [1.29, 1.82) is 0 Å². The number of rotatable bonds is 11. The van der Waals surface area contributed by atoms with E-state index in [1.165, 1.54) is 14.2 Å². The second-order valence-electron chi connectivity index (χ2n) is 18.4. The Hall–Kier alpha value is -5.93. The Morgan fingerprint density at radius 3 is 1.97 bits per heavy atom. The fourth-order valence-corrected chi connectivity index (χ4v) is 10.7. The topological polar surface area (TPSA) is 184 Å². The number of alkyl carbamates (subject to hydrolysis) is 2. The third-order valence-electron chi connectivity index (χ3n) is 14.1. The smallest absolute Gasteiger partial charge is 0.407 e. The average molecular weight is 889 g/mol. The van der Waals surface area contributed by atoms with Gasteiger partial charge in [-0.15, -0.1) is 0 Å². The lowest BCUT2D eigenvalue weighted by Gasteiger charge is -2.35. The van der Waals surface area contributed by atoms with E-state index in [1.807, 2.05) is 35.9 Å². The third-order valence-corrected chi connectivity index (χ3v) is 14.4. The molecule has 10 rings (SSSR count). The summed E-state index contributed by atoms with van der Waals surface area (Å²) in [5, 5.41) is 8.04. The number of carbonyl (C=O) groups excluding carboxylic acids is 4. The SMILES string of the molecule is COC(=O)N[C@H](C(=O)N1[C@@H]2C[C@@H]2C[C@H]1c1ncc(-c2ccc(-c3ccc4cc(-c5[nH]c([C@@H]6C[C@H]7C[C@H]7N6C(=O)[C@@H](NC(=O)OC)C6CCOCC6)nc5Cl)ccc4c3)cc2)[nH]1)C(C)C. The quantitative estimate of drug-likeness (QED) is 0.103. The van der Waals surface area contributed by atoms with Crippen LogP contribution < -0.4 is 10.6 Å². The van der Waals surface area contributed by atoms with E-state index in [0.29, 0.717) is 54.6 Å². The molecule has 5 fully saturated rings. The Bertz CT molecular complexity index is 2610. The molecule has 0 unspecified atom stereocenters. The highest BCUT2D eigenvalue weighted by atomic mass is 35.5. The molecule has 0 bridgehead atoms. The summed E-state index contributed by atoms with van der Waals surface area (Å²) < 4.78 is 15.3. The predicted molar refractivity (Wildman–Crippen MR) is 239 cm³/mol. The third kappa shape index (κ3) is 7.86. The van der Waals surface area contributed by atoms with Crippen molar-refractivity contribution in [1.82, 2.24) is 40.4 Å². The van der Waals surface area contributed by atoms with Gasteiger partial charge >= 0.3 is 12.2 Å². The van der Waals surface area contributed by atoms with Crippen LogP contribution in [0.3, 0.4) is 0 Å². The second-order valence-corrected chi connectivity index (χ2v) is 18.7. The maximum Gasteiger partial charge on any atom is 0.407 e. The second kappa shape index (κ2) is 16.9. The van der Waals surface area contributed by atoms with Crippen LogP contribution in [0.15, 0.2) is 66.9 Å². The first-order chi connectivity index (χ1) is 31.0. The van der Waals surface area contributed by atoms with Gasteiger partial charge in [-0.2, -0.15) is 0 Å². The van der Waals surface area contributed by atoms with Crippen LogP contribution in [0.4, 0.5) is 9.59 Å². The van der Waals surface area contributed by atoms with Crippen LogP contribution in [0.1, 0.15) is 76.1 Å². The van der Waals surface area contributed by atoms with E-state index in [1.54, 1.807) is 0 Å². The van der Waals surface area contributed by atoms with Crippen molar-refractivity contribution < 1.29 is 33.4 Å². The van der Waals surface area contributed by atoms with Crippen molar-refractivity contribution in [3.8, 4) is 33.6 Å².